The number of anilines is 3. The number of esters is 1. The molecule has 8 nitrogen and oxygen atoms in total. The average molecular weight is 393 g/mol. The van der Waals surface area contributed by atoms with Gasteiger partial charge in [0.05, 0.1) is 0 Å². The molecule has 8 heteroatoms. The molecular weight excluding hydrogens is 370 g/mol. The number of hydrogen-bond donors (Lipinski definition) is 2. The van der Waals surface area contributed by atoms with Gasteiger partial charge in [-0.3, -0.25) is 0 Å². The van der Waals surface area contributed by atoms with Crippen molar-refractivity contribution in [1.82, 2.24) is 15.0 Å². The fourth-order valence-corrected chi connectivity index (χ4v) is 2.54. The van der Waals surface area contributed by atoms with Gasteiger partial charge < -0.3 is 20.5 Å². The number of aromatic nitrogens is 3. The summed E-state index contributed by atoms with van der Waals surface area (Å²) >= 11 is 0. The first-order valence-corrected chi connectivity index (χ1v) is 9.24. The summed E-state index contributed by atoms with van der Waals surface area (Å²) in [5, 5.41) is 3.09. The Morgan fingerprint density at radius 3 is 2.55 bits per heavy atom. The highest BCUT2D eigenvalue weighted by molar-refractivity contribution is 5.71. The van der Waals surface area contributed by atoms with E-state index in [4.69, 9.17) is 15.2 Å². The van der Waals surface area contributed by atoms with Crippen LogP contribution in [0.25, 0.3) is 0 Å². The van der Waals surface area contributed by atoms with Crippen molar-refractivity contribution >= 4 is 23.6 Å². The average Bonchev–Trinajstić information content (AvgIpc) is 2.72. The zero-order valence-corrected chi connectivity index (χ0v) is 16.4. The van der Waals surface area contributed by atoms with Gasteiger partial charge in [0, 0.05) is 5.69 Å². The highest BCUT2D eigenvalue weighted by atomic mass is 16.6. The van der Waals surface area contributed by atoms with Gasteiger partial charge in [0.1, 0.15) is 5.75 Å². The lowest BCUT2D eigenvalue weighted by atomic mass is 10.2. The van der Waals surface area contributed by atoms with Crippen molar-refractivity contribution in [2.75, 3.05) is 17.7 Å². The summed E-state index contributed by atoms with van der Waals surface area (Å²) < 4.78 is 10.6. The van der Waals surface area contributed by atoms with Gasteiger partial charge in [0.15, 0.2) is 19.0 Å². The molecule has 1 aromatic heterocycles. The number of carbonyl (C=O) groups is 1. The molecule has 0 aliphatic heterocycles. The predicted octanol–water partition coefficient (Wildman–Crippen LogP) is 3.19. The van der Waals surface area contributed by atoms with Crippen LogP contribution in [0.2, 0.25) is 0 Å². The van der Waals surface area contributed by atoms with E-state index in [1.165, 1.54) is 5.56 Å². The van der Waals surface area contributed by atoms with Gasteiger partial charge in [-0.2, -0.15) is 15.0 Å². The summed E-state index contributed by atoms with van der Waals surface area (Å²) in [6.07, 6.45) is 0.943. The molecule has 3 aromatic rings. The molecule has 0 radical (unpaired) electrons. The van der Waals surface area contributed by atoms with Gasteiger partial charge in [-0.15, -0.1) is 0 Å². The first kappa shape index (κ1) is 20.1. The van der Waals surface area contributed by atoms with Gasteiger partial charge in [0.25, 0.3) is 0 Å². The number of aryl methyl sites for hydroxylation is 2. The van der Waals surface area contributed by atoms with Crippen molar-refractivity contribution in [3.8, 4) is 5.75 Å². The van der Waals surface area contributed by atoms with Crippen LogP contribution in [0.1, 0.15) is 23.9 Å². The second-order valence-electron chi connectivity index (χ2n) is 6.32. The second kappa shape index (κ2) is 9.50. The minimum atomic E-state index is -0.531. The number of nitrogens with two attached hydrogens (primary N) is 1. The Morgan fingerprint density at radius 2 is 1.83 bits per heavy atom. The Balaban J connectivity index is 1.55. The molecule has 0 aliphatic rings. The standard InChI is InChI=1S/C21H23N5O3/c1-3-15-8-10-16(11-9-15)28-13-19(27)29-12-18-24-20(22)26-21(25-18)23-17-7-5-4-6-14(17)2/h4-11H,3,12-13H2,1-2H3,(H3,22,23,24,25,26). The number of hydrogen-bond acceptors (Lipinski definition) is 8. The van der Waals surface area contributed by atoms with Crippen LogP contribution < -0.4 is 15.8 Å². The Hall–Kier alpha value is -3.68. The molecule has 3 rings (SSSR count). The van der Waals surface area contributed by atoms with Crippen LogP contribution in [-0.2, 0) is 22.6 Å². The number of ether oxygens (including phenoxy) is 2. The maximum Gasteiger partial charge on any atom is 0.344 e. The van der Waals surface area contributed by atoms with E-state index in [0.717, 1.165) is 17.7 Å². The first-order valence-electron chi connectivity index (χ1n) is 9.24. The van der Waals surface area contributed by atoms with E-state index in [1.807, 2.05) is 55.5 Å². The number of nitrogen functional groups attached to an aromatic ring is 1. The van der Waals surface area contributed by atoms with Crippen LogP contribution in [0.3, 0.4) is 0 Å². The van der Waals surface area contributed by atoms with E-state index in [1.54, 1.807) is 0 Å². The number of nitrogens with one attached hydrogen (secondary N) is 1. The van der Waals surface area contributed by atoms with E-state index >= 15 is 0 Å². The van der Waals surface area contributed by atoms with E-state index < -0.39 is 5.97 Å². The Labute approximate surface area is 169 Å². The number of rotatable bonds is 8. The van der Waals surface area contributed by atoms with Crippen LogP contribution >= 0.6 is 0 Å². The number of carbonyl (C=O) groups excluding carboxylic acids is 1. The molecule has 0 saturated heterocycles. The molecule has 0 saturated carbocycles. The maximum absolute atomic E-state index is 12.0. The third-order valence-electron chi connectivity index (χ3n) is 4.14. The topological polar surface area (TPSA) is 112 Å². The first-order chi connectivity index (χ1) is 14.0. The Kier molecular flexibility index (Phi) is 6.57. The number of nitrogens with zero attached hydrogens (tertiary/aromatic N) is 3. The van der Waals surface area contributed by atoms with E-state index in [0.29, 0.717) is 5.75 Å². The van der Waals surface area contributed by atoms with Crippen molar-refractivity contribution in [2.45, 2.75) is 26.9 Å². The zero-order valence-electron chi connectivity index (χ0n) is 16.4. The van der Waals surface area contributed by atoms with Crippen molar-refractivity contribution in [3.63, 3.8) is 0 Å². The summed E-state index contributed by atoms with van der Waals surface area (Å²) in [5.41, 5.74) is 8.83. The molecule has 0 spiro atoms. The summed E-state index contributed by atoms with van der Waals surface area (Å²) in [7, 11) is 0. The highest BCUT2D eigenvalue weighted by Crippen LogP contribution is 2.18. The molecule has 0 fully saturated rings. The molecule has 3 N–H and O–H groups in total. The highest BCUT2D eigenvalue weighted by Gasteiger charge is 2.10. The minimum absolute atomic E-state index is 0.0365. The third kappa shape index (κ3) is 5.90. The lowest BCUT2D eigenvalue weighted by Crippen LogP contribution is -2.16. The zero-order chi connectivity index (χ0) is 20.6. The smallest absolute Gasteiger partial charge is 0.344 e. The number of benzene rings is 2. The molecule has 150 valence electrons. The molecule has 29 heavy (non-hydrogen) atoms. The van der Waals surface area contributed by atoms with Crippen molar-refractivity contribution in [2.24, 2.45) is 0 Å². The molecule has 0 amide bonds. The monoisotopic (exact) mass is 393 g/mol. The molecule has 2 aromatic carbocycles. The van der Waals surface area contributed by atoms with E-state index in [9.17, 15) is 4.79 Å². The van der Waals surface area contributed by atoms with Gasteiger partial charge in [-0.25, -0.2) is 4.79 Å². The maximum atomic E-state index is 12.0. The minimum Gasteiger partial charge on any atom is -0.482 e. The van der Waals surface area contributed by atoms with Crippen LogP contribution in [0, 0.1) is 6.92 Å². The van der Waals surface area contributed by atoms with Crippen molar-refractivity contribution in [3.05, 3.63) is 65.5 Å². The second-order valence-corrected chi connectivity index (χ2v) is 6.32. The largest absolute Gasteiger partial charge is 0.482 e. The normalized spacial score (nSPS) is 10.4. The summed E-state index contributed by atoms with van der Waals surface area (Å²) in [4.78, 5) is 24.3. The summed E-state index contributed by atoms with van der Waals surface area (Å²) in [6, 6.07) is 15.3. The number of para-hydroxylation sites is 1. The Bertz CT molecular complexity index is 976. The Morgan fingerprint density at radius 1 is 1.07 bits per heavy atom. The van der Waals surface area contributed by atoms with E-state index in [2.05, 4.69) is 27.2 Å². The molecular formula is C21H23N5O3. The summed E-state index contributed by atoms with van der Waals surface area (Å²) in [6.45, 7) is 3.70. The van der Waals surface area contributed by atoms with Gasteiger partial charge in [-0.05, 0) is 42.7 Å². The molecule has 0 unspecified atom stereocenters. The van der Waals surface area contributed by atoms with Gasteiger partial charge in [0.2, 0.25) is 11.9 Å². The molecule has 0 atom stereocenters. The van der Waals surface area contributed by atoms with Crippen LogP contribution in [0.15, 0.2) is 48.5 Å². The third-order valence-corrected chi connectivity index (χ3v) is 4.14. The fourth-order valence-electron chi connectivity index (χ4n) is 2.54. The molecule has 1 heterocycles. The van der Waals surface area contributed by atoms with Crippen LogP contribution in [0.5, 0.6) is 5.75 Å². The van der Waals surface area contributed by atoms with Crippen molar-refractivity contribution in [1.29, 1.82) is 0 Å². The molecule has 0 aliphatic carbocycles. The van der Waals surface area contributed by atoms with E-state index in [-0.39, 0.29) is 30.9 Å². The summed E-state index contributed by atoms with van der Waals surface area (Å²) in [5.74, 6) is 0.638. The SMILES string of the molecule is CCc1ccc(OCC(=O)OCc2nc(N)nc(Nc3ccccc3C)n2)cc1. The predicted molar refractivity (Wildman–Crippen MR) is 110 cm³/mol. The van der Waals surface area contributed by atoms with Crippen LogP contribution in [-0.4, -0.2) is 27.5 Å². The van der Waals surface area contributed by atoms with Crippen molar-refractivity contribution < 1.29 is 14.3 Å². The van der Waals surface area contributed by atoms with Gasteiger partial charge in [-0.1, -0.05) is 37.3 Å². The molecule has 0 bridgehead atoms. The lowest BCUT2D eigenvalue weighted by molar-refractivity contribution is -0.147. The van der Waals surface area contributed by atoms with Crippen LogP contribution in [0.4, 0.5) is 17.6 Å². The quantitative estimate of drug-likeness (QED) is 0.561. The lowest BCUT2D eigenvalue weighted by Gasteiger charge is -2.10. The van der Waals surface area contributed by atoms with Gasteiger partial charge >= 0.3 is 5.97 Å². The fraction of sp³-hybridized carbons (Fsp3) is 0.238.